The first kappa shape index (κ1) is 14.0. The largest absolute Gasteiger partial charge is 0.496 e. The Morgan fingerprint density at radius 1 is 1.18 bits per heavy atom. The molecule has 1 rings (SSSR count). The lowest BCUT2D eigenvalue weighted by Crippen LogP contribution is -2.24. The molecular formula is C14H24N2O. The first-order valence-electron chi connectivity index (χ1n) is 6.16. The van der Waals surface area contributed by atoms with Crippen molar-refractivity contribution in [1.82, 2.24) is 5.32 Å². The van der Waals surface area contributed by atoms with Gasteiger partial charge in [-0.05, 0) is 56.0 Å². The Bertz CT molecular complexity index is 375. The van der Waals surface area contributed by atoms with Crippen LogP contribution in [-0.2, 0) is 6.42 Å². The third-order valence-electron chi connectivity index (χ3n) is 3.23. The van der Waals surface area contributed by atoms with Crippen LogP contribution in [0.25, 0.3) is 0 Å². The second-order valence-corrected chi connectivity index (χ2v) is 4.42. The van der Waals surface area contributed by atoms with E-state index in [-0.39, 0.29) is 0 Å². The standard InChI is InChI=1S/C14H24N2O/c1-10-9-13(5-7-16-8-6-15)11(2)12(3)14(10)17-4/h9,16H,5-8,15H2,1-4H3. The van der Waals surface area contributed by atoms with E-state index < -0.39 is 0 Å². The molecule has 3 nitrogen and oxygen atoms in total. The molecule has 1 aromatic rings. The average molecular weight is 236 g/mol. The number of benzene rings is 1. The maximum Gasteiger partial charge on any atom is 0.124 e. The molecule has 0 saturated heterocycles. The Hall–Kier alpha value is -1.06. The van der Waals surface area contributed by atoms with Gasteiger partial charge in [-0.25, -0.2) is 0 Å². The summed E-state index contributed by atoms with van der Waals surface area (Å²) in [4.78, 5) is 0. The first-order valence-corrected chi connectivity index (χ1v) is 6.16. The summed E-state index contributed by atoms with van der Waals surface area (Å²) < 4.78 is 5.42. The monoisotopic (exact) mass is 236 g/mol. The van der Waals surface area contributed by atoms with Gasteiger partial charge < -0.3 is 15.8 Å². The number of ether oxygens (including phenoxy) is 1. The van der Waals surface area contributed by atoms with Gasteiger partial charge in [0.05, 0.1) is 7.11 Å². The van der Waals surface area contributed by atoms with Gasteiger partial charge in [0.1, 0.15) is 5.75 Å². The molecule has 0 saturated carbocycles. The third kappa shape index (κ3) is 3.45. The highest BCUT2D eigenvalue weighted by Gasteiger charge is 2.09. The molecule has 0 bridgehead atoms. The fourth-order valence-corrected chi connectivity index (χ4v) is 2.17. The molecule has 17 heavy (non-hydrogen) atoms. The fourth-order valence-electron chi connectivity index (χ4n) is 2.17. The molecule has 96 valence electrons. The molecule has 0 unspecified atom stereocenters. The summed E-state index contributed by atoms with van der Waals surface area (Å²) in [5, 5.41) is 3.32. The normalized spacial score (nSPS) is 10.6. The zero-order chi connectivity index (χ0) is 12.8. The molecule has 0 aliphatic heterocycles. The van der Waals surface area contributed by atoms with Crippen LogP contribution in [0.1, 0.15) is 22.3 Å². The van der Waals surface area contributed by atoms with Gasteiger partial charge in [0.25, 0.3) is 0 Å². The lowest BCUT2D eigenvalue weighted by atomic mass is 9.96. The van der Waals surface area contributed by atoms with Crippen molar-refractivity contribution in [2.24, 2.45) is 5.73 Å². The van der Waals surface area contributed by atoms with Crippen molar-refractivity contribution in [1.29, 1.82) is 0 Å². The minimum absolute atomic E-state index is 0.694. The van der Waals surface area contributed by atoms with Crippen LogP contribution < -0.4 is 15.8 Å². The summed E-state index contributed by atoms with van der Waals surface area (Å²) in [5.41, 5.74) is 10.6. The maximum atomic E-state index is 5.44. The molecule has 0 spiro atoms. The molecule has 3 heteroatoms. The Morgan fingerprint density at radius 3 is 2.47 bits per heavy atom. The molecule has 1 aromatic carbocycles. The van der Waals surface area contributed by atoms with Crippen LogP contribution in [0.3, 0.4) is 0 Å². The van der Waals surface area contributed by atoms with Crippen LogP contribution in [0.5, 0.6) is 5.75 Å². The van der Waals surface area contributed by atoms with Gasteiger partial charge in [0.2, 0.25) is 0 Å². The van der Waals surface area contributed by atoms with Crippen LogP contribution >= 0.6 is 0 Å². The molecule has 0 aliphatic carbocycles. The second kappa shape index (κ2) is 6.62. The second-order valence-electron chi connectivity index (χ2n) is 4.42. The Balaban J connectivity index is 2.80. The molecule has 0 heterocycles. The zero-order valence-electron chi connectivity index (χ0n) is 11.4. The molecule has 0 amide bonds. The smallest absolute Gasteiger partial charge is 0.124 e. The molecule has 0 radical (unpaired) electrons. The van der Waals surface area contributed by atoms with Crippen molar-refractivity contribution >= 4 is 0 Å². The molecule has 0 atom stereocenters. The highest BCUT2D eigenvalue weighted by molar-refractivity contribution is 5.49. The van der Waals surface area contributed by atoms with E-state index in [1.807, 2.05) is 0 Å². The van der Waals surface area contributed by atoms with E-state index in [0.717, 1.165) is 25.3 Å². The van der Waals surface area contributed by atoms with Gasteiger partial charge in [0.15, 0.2) is 0 Å². The molecule has 0 aromatic heterocycles. The van der Waals surface area contributed by atoms with Crippen molar-refractivity contribution in [3.05, 3.63) is 28.3 Å². The predicted molar refractivity (Wildman–Crippen MR) is 72.8 cm³/mol. The van der Waals surface area contributed by atoms with Crippen LogP contribution in [-0.4, -0.2) is 26.7 Å². The summed E-state index contributed by atoms with van der Waals surface area (Å²) >= 11 is 0. The van der Waals surface area contributed by atoms with Gasteiger partial charge in [0, 0.05) is 13.1 Å². The summed E-state index contributed by atoms with van der Waals surface area (Å²) in [6, 6.07) is 2.23. The Labute approximate surface area is 104 Å². The van der Waals surface area contributed by atoms with E-state index in [4.69, 9.17) is 10.5 Å². The number of methoxy groups -OCH3 is 1. The average Bonchev–Trinajstić information content (AvgIpc) is 2.31. The zero-order valence-corrected chi connectivity index (χ0v) is 11.4. The SMILES string of the molecule is COc1c(C)cc(CCNCCN)c(C)c1C. The number of nitrogens with two attached hydrogens (primary N) is 1. The van der Waals surface area contributed by atoms with Crippen molar-refractivity contribution < 1.29 is 4.74 Å². The fraction of sp³-hybridized carbons (Fsp3) is 0.571. The summed E-state index contributed by atoms with van der Waals surface area (Å²) in [5.74, 6) is 1.01. The highest BCUT2D eigenvalue weighted by atomic mass is 16.5. The van der Waals surface area contributed by atoms with Crippen molar-refractivity contribution in [2.75, 3.05) is 26.7 Å². The Morgan fingerprint density at radius 2 is 1.88 bits per heavy atom. The van der Waals surface area contributed by atoms with Crippen LogP contribution in [0.15, 0.2) is 6.07 Å². The van der Waals surface area contributed by atoms with Gasteiger partial charge in [-0.3, -0.25) is 0 Å². The van der Waals surface area contributed by atoms with E-state index in [1.54, 1.807) is 7.11 Å². The van der Waals surface area contributed by atoms with Crippen LogP contribution in [0.2, 0.25) is 0 Å². The summed E-state index contributed by atoms with van der Waals surface area (Å²) in [6.45, 7) is 8.94. The van der Waals surface area contributed by atoms with Gasteiger partial charge >= 0.3 is 0 Å². The lowest BCUT2D eigenvalue weighted by Gasteiger charge is -2.15. The Kier molecular flexibility index (Phi) is 5.45. The number of hydrogen-bond acceptors (Lipinski definition) is 3. The highest BCUT2D eigenvalue weighted by Crippen LogP contribution is 2.28. The van der Waals surface area contributed by atoms with Crippen LogP contribution in [0.4, 0.5) is 0 Å². The van der Waals surface area contributed by atoms with Gasteiger partial charge in [-0.15, -0.1) is 0 Å². The van der Waals surface area contributed by atoms with Gasteiger partial charge in [-0.2, -0.15) is 0 Å². The van der Waals surface area contributed by atoms with Crippen molar-refractivity contribution in [3.63, 3.8) is 0 Å². The topological polar surface area (TPSA) is 47.3 Å². The number of hydrogen-bond donors (Lipinski definition) is 2. The molecule has 0 aliphatic rings. The lowest BCUT2D eigenvalue weighted by molar-refractivity contribution is 0.408. The molecular weight excluding hydrogens is 212 g/mol. The predicted octanol–water partition coefficient (Wildman–Crippen LogP) is 1.71. The van der Waals surface area contributed by atoms with Crippen molar-refractivity contribution in [3.8, 4) is 5.75 Å². The third-order valence-corrected chi connectivity index (χ3v) is 3.23. The van der Waals surface area contributed by atoms with E-state index in [1.165, 1.54) is 22.3 Å². The quantitative estimate of drug-likeness (QED) is 0.739. The van der Waals surface area contributed by atoms with Crippen molar-refractivity contribution in [2.45, 2.75) is 27.2 Å². The minimum atomic E-state index is 0.694. The number of nitrogens with one attached hydrogen (secondary N) is 1. The number of rotatable bonds is 6. The van der Waals surface area contributed by atoms with Crippen LogP contribution in [0, 0.1) is 20.8 Å². The van der Waals surface area contributed by atoms with E-state index in [2.05, 4.69) is 32.2 Å². The summed E-state index contributed by atoms with van der Waals surface area (Å²) in [6.07, 6.45) is 1.04. The van der Waals surface area contributed by atoms with E-state index in [9.17, 15) is 0 Å². The van der Waals surface area contributed by atoms with Gasteiger partial charge in [-0.1, -0.05) is 6.07 Å². The van der Waals surface area contributed by atoms with E-state index in [0.29, 0.717) is 6.54 Å². The molecule has 3 N–H and O–H groups in total. The summed E-state index contributed by atoms with van der Waals surface area (Å²) in [7, 11) is 1.73. The minimum Gasteiger partial charge on any atom is -0.496 e. The first-order chi connectivity index (χ1) is 8.11. The number of aryl methyl sites for hydroxylation is 1. The molecule has 0 fully saturated rings. The van der Waals surface area contributed by atoms with E-state index >= 15 is 0 Å². The maximum absolute atomic E-state index is 5.44.